The minimum atomic E-state index is -4.64. The number of halogens is 3. The fourth-order valence-corrected chi connectivity index (χ4v) is 4.52. The van der Waals surface area contributed by atoms with Gasteiger partial charge in [-0.3, -0.25) is 14.6 Å². The van der Waals surface area contributed by atoms with Gasteiger partial charge in [0.25, 0.3) is 5.91 Å². The van der Waals surface area contributed by atoms with E-state index in [2.05, 4.69) is 19.9 Å². The summed E-state index contributed by atoms with van der Waals surface area (Å²) in [5.74, 6) is -0.798. The monoisotopic (exact) mass is 536 g/mol. The average Bonchev–Trinajstić information content (AvgIpc) is 2.95. The van der Waals surface area contributed by atoms with E-state index in [4.69, 9.17) is 4.74 Å². The van der Waals surface area contributed by atoms with Crippen molar-refractivity contribution in [2.24, 2.45) is 0 Å². The molecular formula is C27H23F3N6O3. The lowest BCUT2D eigenvalue weighted by atomic mass is 10.0. The molecule has 2 amide bonds. The van der Waals surface area contributed by atoms with Gasteiger partial charge < -0.3 is 14.5 Å². The molecule has 0 N–H and O–H groups in total. The summed E-state index contributed by atoms with van der Waals surface area (Å²) in [5, 5.41) is 0.582. The number of fused-ring (bicyclic) bond motifs is 1. The van der Waals surface area contributed by atoms with Crippen molar-refractivity contribution in [3.05, 3.63) is 66.4 Å². The van der Waals surface area contributed by atoms with Gasteiger partial charge >= 0.3 is 6.18 Å². The third kappa shape index (κ3) is 5.22. The Kier molecular flexibility index (Phi) is 6.85. The smallest absolute Gasteiger partial charge is 0.421 e. The van der Waals surface area contributed by atoms with Crippen LogP contribution in [-0.2, 0) is 11.0 Å². The molecule has 39 heavy (non-hydrogen) atoms. The Morgan fingerprint density at radius 2 is 1.62 bits per heavy atom. The van der Waals surface area contributed by atoms with Gasteiger partial charge in [0.2, 0.25) is 11.8 Å². The van der Waals surface area contributed by atoms with Gasteiger partial charge in [-0.05, 0) is 35.9 Å². The SMILES string of the molecule is COc1ncc(-c2ccc3ncnc(-c4ccnc(C(=O)N5CCN(C(C)=O)CC5)c4)c3c2)cc1C(F)(F)F. The first-order valence-corrected chi connectivity index (χ1v) is 12.0. The molecule has 5 rings (SSSR count). The molecule has 0 saturated carbocycles. The lowest BCUT2D eigenvalue weighted by Crippen LogP contribution is -2.50. The van der Waals surface area contributed by atoms with Gasteiger partial charge in [-0.15, -0.1) is 0 Å². The van der Waals surface area contributed by atoms with Gasteiger partial charge in [-0.2, -0.15) is 13.2 Å². The van der Waals surface area contributed by atoms with E-state index in [1.165, 1.54) is 25.6 Å². The molecule has 3 aromatic heterocycles. The molecule has 0 atom stereocenters. The molecule has 1 aliphatic heterocycles. The van der Waals surface area contributed by atoms with Crippen molar-refractivity contribution in [3.63, 3.8) is 0 Å². The number of piperazine rings is 1. The zero-order chi connectivity index (χ0) is 27.7. The molecule has 1 fully saturated rings. The van der Waals surface area contributed by atoms with Crippen molar-refractivity contribution >= 4 is 22.7 Å². The van der Waals surface area contributed by atoms with Gasteiger partial charge in [0.1, 0.15) is 17.6 Å². The Morgan fingerprint density at radius 3 is 2.31 bits per heavy atom. The number of pyridine rings is 2. The Labute approximate surface area is 221 Å². The second-order valence-corrected chi connectivity index (χ2v) is 8.96. The van der Waals surface area contributed by atoms with E-state index >= 15 is 0 Å². The van der Waals surface area contributed by atoms with Crippen molar-refractivity contribution in [1.29, 1.82) is 0 Å². The van der Waals surface area contributed by atoms with Crippen LogP contribution in [0.4, 0.5) is 13.2 Å². The van der Waals surface area contributed by atoms with Crippen molar-refractivity contribution in [1.82, 2.24) is 29.7 Å². The first kappa shape index (κ1) is 26.0. The number of benzene rings is 1. The van der Waals surface area contributed by atoms with Crippen LogP contribution in [0.1, 0.15) is 23.0 Å². The van der Waals surface area contributed by atoms with Crippen LogP contribution in [0.5, 0.6) is 5.88 Å². The summed E-state index contributed by atoms with van der Waals surface area (Å²) >= 11 is 0. The lowest BCUT2D eigenvalue weighted by Gasteiger charge is -2.34. The molecule has 200 valence electrons. The summed E-state index contributed by atoms with van der Waals surface area (Å²) in [6, 6.07) is 9.36. The standard InChI is InChI=1S/C27H23F3N6O3/c1-16(37)35-7-9-36(10-8-35)26(38)23-13-18(5-6-31-23)24-20-11-17(3-4-22(20)33-15-34-24)19-12-21(27(28,29)30)25(39-2)32-14-19/h3-6,11-15H,7-10H2,1-2H3. The number of hydrogen-bond acceptors (Lipinski definition) is 7. The summed E-state index contributed by atoms with van der Waals surface area (Å²) in [6.45, 7) is 3.22. The maximum atomic E-state index is 13.6. The van der Waals surface area contributed by atoms with E-state index in [9.17, 15) is 22.8 Å². The number of rotatable bonds is 4. The Morgan fingerprint density at radius 1 is 0.872 bits per heavy atom. The van der Waals surface area contributed by atoms with E-state index in [0.29, 0.717) is 53.9 Å². The van der Waals surface area contributed by atoms with Gasteiger partial charge in [0.15, 0.2) is 0 Å². The third-order valence-corrected chi connectivity index (χ3v) is 6.58. The number of carbonyl (C=O) groups is 2. The first-order valence-electron chi connectivity index (χ1n) is 12.0. The highest BCUT2D eigenvalue weighted by Crippen LogP contribution is 2.38. The third-order valence-electron chi connectivity index (χ3n) is 6.58. The maximum absolute atomic E-state index is 13.6. The summed E-state index contributed by atoms with van der Waals surface area (Å²) in [6.07, 6.45) is -0.432. The van der Waals surface area contributed by atoms with Crippen molar-refractivity contribution in [3.8, 4) is 28.3 Å². The van der Waals surface area contributed by atoms with Crippen LogP contribution < -0.4 is 4.74 Å². The lowest BCUT2D eigenvalue weighted by molar-refractivity contribution is -0.139. The highest BCUT2D eigenvalue weighted by Gasteiger charge is 2.35. The summed E-state index contributed by atoms with van der Waals surface area (Å²) in [4.78, 5) is 44.9. The predicted octanol–water partition coefficient (Wildman–Crippen LogP) is 4.09. The number of alkyl halides is 3. The molecule has 0 unspecified atom stereocenters. The van der Waals surface area contributed by atoms with Crippen LogP contribution in [0.3, 0.4) is 0 Å². The van der Waals surface area contributed by atoms with Gasteiger partial charge in [0.05, 0.1) is 18.3 Å². The second kappa shape index (κ2) is 10.3. The minimum Gasteiger partial charge on any atom is -0.481 e. The van der Waals surface area contributed by atoms with Gasteiger partial charge in [0, 0.05) is 62.0 Å². The maximum Gasteiger partial charge on any atom is 0.421 e. The molecule has 1 saturated heterocycles. The Hall–Kier alpha value is -4.61. The van der Waals surface area contributed by atoms with Crippen LogP contribution in [0.25, 0.3) is 33.3 Å². The fraction of sp³-hybridized carbons (Fsp3) is 0.259. The Bertz CT molecular complexity index is 1570. The molecule has 1 aromatic carbocycles. The molecule has 0 radical (unpaired) electrons. The summed E-state index contributed by atoms with van der Waals surface area (Å²) in [5.41, 5.74) is 1.64. The molecule has 12 heteroatoms. The van der Waals surface area contributed by atoms with Gasteiger partial charge in [-0.1, -0.05) is 6.07 Å². The van der Waals surface area contributed by atoms with E-state index in [-0.39, 0.29) is 23.1 Å². The molecule has 4 heterocycles. The van der Waals surface area contributed by atoms with Crippen molar-refractivity contribution in [2.75, 3.05) is 33.3 Å². The minimum absolute atomic E-state index is 0.0303. The topological polar surface area (TPSA) is 101 Å². The number of methoxy groups -OCH3 is 1. The number of aromatic nitrogens is 4. The fourth-order valence-electron chi connectivity index (χ4n) is 4.52. The molecule has 9 nitrogen and oxygen atoms in total. The molecule has 0 spiro atoms. The Balaban J connectivity index is 1.50. The number of carbonyl (C=O) groups excluding carboxylic acids is 2. The van der Waals surface area contributed by atoms with E-state index in [1.807, 2.05) is 0 Å². The largest absolute Gasteiger partial charge is 0.481 e. The van der Waals surface area contributed by atoms with E-state index in [0.717, 1.165) is 13.2 Å². The number of ether oxygens (including phenoxy) is 1. The van der Waals surface area contributed by atoms with E-state index < -0.39 is 17.6 Å². The van der Waals surface area contributed by atoms with Gasteiger partial charge in [-0.25, -0.2) is 15.0 Å². The summed E-state index contributed by atoms with van der Waals surface area (Å²) in [7, 11) is 1.14. The highest BCUT2D eigenvalue weighted by molar-refractivity contribution is 5.97. The van der Waals surface area contributed by atoms with Crippen LogP contribution in [0.15, 0.2) is 55.1 Å². The van der Waals surface area contributed by atoms with Crippen molar-refractivity contribution < 1.29 is 27.5 Å². The highest BCUT2D eigenvalue weighted by atomic mass is 19.4. The quantitative estimate of drug-likeness (QED) is 0.387. The number of amides is 2. The zero-order valence-electron chi connectivity index (χ0n) is 21.1. The normalized spacial score (nSPS) is 14.0. The molecule has 4 aromatic rings. The number of nitrogens with zero attached hydrogens (tertiary/aromatic N) is 6. The van der Waals surface area contributed by atoms with Crippen molar-refractivity contribution in [2.45, 2.75) is 13.1 Å². The first-order chi connectivity index (χ1) is 18.7. The number of hydrogen-bond donors (Lipinski definition) is 0. The second-order valence-electron chi connectivity index (χ2n) is 8.96. The zero-order valence-corrected chi connectivity index (χ0v) is 21.1. The molecule has 0 aliphatic carbocycles. The average molecular weight is 537 g/mol. The van der Waals surface area contributed by atoms with Crippen LogP contribution in [0.2, 0.25) is 0 Å². The molecule has 0 bridgehead atoms. The molecular weight excluding hydrogens is 513 g/mol. The van der Waals surface area contributed by atoms with E-state index in [1.54, 1.807) is 40.1 Å². The van der Waals surface area contributed by atoms with Crippen LogP contribution in [-0.4, -0.2) is 74.8 Å². The van der Waals surface area contributed by atoms with Crippen LogP contribution in [0, 0.1) is 0 Å². The predicted molar refractivity (Wildman–Crippen MR) is 136 cm³/mol. The van der Waals surface area contributed by atoms with Crippen LogP contribution >= 0.6 is 0 Å². The molecule has 1 aliphatic rings. The summed E-state index contributed by atoms with van der Waals surface area (Å²) < 4.78 is 45.5.